The Bertz CT molecular complexity index is 1350. The molecule has 2 fully saturated rings. The molecule has 0 bridgehead atoms. The Kier molecular flexibility index (Phi) is 7.05. The molecule has 3 aliphatic rings. The Hall–Kier alpha value is -3.41. The van der Waals surface area contributed by atoms with E-state index in [2.05, 4.69) is 76.5 Å². The molecule has 4 heterocycles. The van der Waals surface area contributed by atoms with Gasteiger partial charge in [-0.25, -0.2) is 0 Å². The molecular weight excluding hydrogens is 474 g/mol. The number of rotatable bonds is 6. The van der Waals surface area contributed by atoms with Crippen molar-refractivity contribution in [3.05, 3.63) is 53.2 Å². The van der Waals surface area contributed by atoms with Gasteiger partial charge in [0.25, 0.3) is 0 Å². The van der Waals surface area contributed by atoms with Gasteiger partial charge in [0.2, 0.25) is 0 Å². The van der Waals surface area contributed by atoms with E-state index in [1.165, 1.54) is 34.0 Å². The van der Waals surface area contributed by atoms with E-state index >= 15 is 0 Å². The highest BCUT2D eigenvalue weighted by molar-refractivity contribution is 5.97. The highest BCUT2D eigenvalue weighted by Gasteiger charge is 2.30. The van der Waals surface area contributed by atoms with Gasteiger partial charge in [-0.2, -0.15) is 15.2 Å². The first-order valence-corrected chi connectivity index (χ1v) is 13.9. The lowest BCUT2D eigenvalue weighted by Crippen LogP contribution is -2.51. The van der Waals surface area contributed by atoms with Crippen molar-refractivity contribution >= 4 is 22.3 Å². The molecule has 0 radical (unpaired) electrons. The third kappa shape index (κ3) is 4.89. The lowest BCUT2D eigenvalue weighted by Gasteiger charge is -2.37. The lowest BCUT2D eigenvalue weighted by atomic mass is 9.99. The Morgan fingerprint density at radius 2 is 1.97 bits per heavy atom. The standard InChI is InChI=1S/C30H37N7O/c1-21-6-3-7-22-8-4-10-27(28(21)22)36-16-12-25-26(19-36)33-30(38-20-24-9-5-15-35(24)2)34-29(25)37-17-14-32-23(18-37)11-13-31/h3-4,6-8,10,23-24,32H,5,9,11-12,14-20H2,1-2H3/t23-,24+/m0/s1. The number of fused-ring (bicyclic) bond motifs is 2. The molecule has 3 aliphatic heterocycles. The van der Waals surface area contributed by atoms with Gasteiger partial charge in [0.1, 0.15) is 12.4 Å². The van der Waals surface area contributed by atoms with Gasteiger partial charge in [-0.3, -0.25) is 0 Å². The molecule has 8 nitrogen and oxygen atoms in total. The van der Waals surface area contributed by atoms with Crippen molar-refractivity contribution in [3.63, 3.8) is 0 Å². The molecule has 3 aromatic rings. The summed E-state index contributed by atoms with van der Waals surface area (Å²) in [5.74, 6) is 0.989. The maximum atomic E-state index is 9.28. The number of nitrogens with one attached hydrogen (secondary N) is 1. The van der Waals surface area contributed by atoms with Crippen LogP contribution >= 0.6 is 0 Å². The molecule has 0 aliphatic carbocycles. The van der Waals surface area contributed by atoms with Crippen molar-refractivity contribution in [2.24, 2.45) is 0 Å². The topological polar surface area (TPSA) is 80.6 Å². The van der Waals surface area contributed by atoms with E-state index in [0.717, 1.165) is 63.6 Å². The number of nitriles is 1. The molecule has 8 heteroatoms. The molecule has 2 saturated heterocycles. The van der Waals surface area contributed by atoms with E-state index in [1.807, 2.05) is 0 Å². The minimum atomic E-state index is 0.148. The van der Waals surface area contributed by atoms with Gasteiger partial charge < -0.3 is 24.8 Å². The summed E-state index contributed by atoms with van der Waals surface area (Å²) in [4.78, 5) is 17.2. The number of nitrogens with zero attached hydrogens (tertiary/aromatic N) is 6. The van der Waals surface area contributed by atoms with Crippen molar-refractivity contribution in [2.45, 2.75) is 51.2 Å². The number of likely N-dealkylation sites (tertiary alicyclic amines) is 1. The molecule has 38 heavy (non-hydrogen) atoms. The Morgan fingerprint density at radius 1 is 1.11 bits per heavy atom. The van der Waals surface area contributed by atoms with E-state index < -0.39 is 0 Å². The predicted molar refractivity (Wildman–Crippen MR) is 151 cm³/mol. The van der Waals surface area contributed by atoms with Crippen LogP contribution in [0.2, 0.25) is 0 Å². The largest absolute Gasteiger partial charge is 0.462 e. The average Bonchev–Trinajstić information content (AvgIpc) is 3.35. The predicted octanol–water partition coefficient (Wildman–Crippen LogP) is 3.67. The minimum Gasteiger partial charge on any atom is -0.462 e. The van der Waals surface area contributed by atoms with E-state index in [4.69, 9.17) is 14.7 Å². The molecule has 2 atom stereocenters. The number of benzene rings is 2. The van der Waals surface area contributed by atoms with Crippen LogP contribution in [0.1, 0.15) is 36.1 Å². The van der Waals surface area contributed by atoms with Crippen LogP contribution in [-0.2, 0) is 13.0 Å². The summed E-state index contributed by atoms with van der Waals surface area (Å²) in [6.45, 7) is 8.04. The van der Waals surface area contributed by atoms with Crippen LogP contribution in [0.25, 0.3) is 10.8 Å². The van der Waals surface area contributed by atoms with Crippen molar-refractivity contribution in [1.29, 1.82) is 5.26 Å². The van der Waals surface area contributed by atoms with Gasteiger partial charge in [0.05, 0.1) is 24.7 Å². The fourth-order valence-electron chi connectivity index (χ4n) is 6.31. The highest BCUT2D eigenvalue weighted by Crippen LogP contribution is 2.35. The fraction of sp³-hybridized carbons (Fsp3) is 0.500. The quantitative estimate of drug-likeness (QED) is 0.537. The third-order valence-corrected chi connectivity index (χ3v) is 8.42. The Morgan fingerprint density at radius 3 is 2.79 bits per heavy atom. The summed E-state index contributed by atoms with van der Waals surface area (Å²) < 4.78 is 6.29. The fourth-order valence-corrected chi connectivity index (χ4v) is 6.31. The molecule has 1 aromatic heterocycles. The summed E-state index contributed by atoms with van der Waals surface area (Å²) in [5, 5.41) is 15.3. The minimum absolute atomic E-state index is 0.148. The molecule has 0 amide bonds. The normalized spacial score (nSPS) is 21.9. The van der Waals surface area contributed by atoms with Crippen LogP contribution in [0, 0.1) is 18.3 Å². The lowest BCUT2D eigenvalue weighted by molar-refractivity contribution is 0.187. The molecule has 2 aromatic carbocycles. The number of hydrogen-bond donors (Lipinski definition) is 1. The van der Waals surface area contributed by atoms with Gasteiger partial charge in [-0.05, 0) is 56.8 Å². The second-order valence-corrected chi connectivity index (χ2v) is 10.9. The number of anilines is 2. The Labute approximate surface area is 225 Å². The van der Waals surface area contributed by atoms with Crippen LogP contribution < -0.4 is 19.9 Å². The molecule has 6 rings (SSSR count). The maximum absolute atomic E-state index is 9.28. The monoisotopic (exact) mass is 511 g/mol. The molecule has 1 N–H and O–H groups in total. The van der Waals surface area contributed by atoms with Gasteiger partial charge in [-0.1, -0.05) is 30.3 Å². The number of aryl methyl sites for hydroxylation is 1. The van der Waals surface area contributed by atoms with Crippen molar-refractivity contribution in [1.82, 2.24) is 20.2 Å². The zero-order valence-electron chi connectivity index (χ0n) is 22.5. The third-order valence-electron chi connectivity index (χ3n) is 8.42. The van der Waals surface area contributed by atoms with Crippen molar-refractivity contribution in [3.8, 4) is 12.1 Å². The molecule has 0 spiro atoms. The first kappa shape index (κ1) is 24.9. The second kappa shape index (κ2) is 10.8. The number of ether oxygens (including phenoxy) is 1. The molecule has 0 unspecified atom stereocenters. The van der Waals surface area contributed by atoms with Crippen LogP contribution in [0.4, 0.5) is 11.5 Å². The van der Waals surface area contributed by atoms with Gasteiger partial charge in [-0.15, -0.1) is 0 Å². The van der Waals surface area contributed by atoms with Gasteiger partial charge in [0.15, 0.2) is 0 Å². The van der Waals surface area contributed by atoms with Crippen molar-refractivity contribution < 1.29 is 4.74 Å². The molecule has 198 valence electrons. The molecule has 0 saturated carbocycles. The van der Waals surface area contributed by atoms with Gasteiger partial charge >= 0.3 is 6.01 Å². The zero-order chi connectivity index (χ0) is 26.1. The first-order valence-electron chi connectivity index (χ1n) is 13.9. The van der Waals surface area contributed by atoms with Crippen LogP contribution in [-0.4, -0.2) is 73.3 Å². The average molecular weight is 512 g/mol. The van der Waals surface area contributed by atoms with Gasteiger partial charge in [0, 0.05) is 54.9 Å². The smallest absolute Gasteiger partial charge is 0.318 e. The Balaban J connectivity index is 1.34. The van der Waals surface area contributed by atoms with E-state index in [9.17, 15) is 5.26 Å². The maximum Gasteiger partial charge on any atom is 0.318 e. The number of piperazine rings is 1. The van der Waals surface area contributed by atoms with E-state index in [1.54, 1.807) is 0 Å². The summed E-state index contributed by atoms with van der Waals surface area (Å²) in [6.07, 6.45) is 3.73. The number of hydrogen-bond acceptors (Lipinski definition) is 8. The van der Waals surface area contributed by atoms with Crippen LogP contribution in [0.3, 0.4) is 0 Å². The summed E-state index contributed by atoms with van der Waals surface area (Å²) in [7, 11) is 2.17. The summed E-state index contributed by atoms with van der Waals surface area (Å²) >= 11 is 0. The SMILES string of the molecule is Cc1cccc2cccc(N3CCc4c(nc(OC[C@H]5CCCN5C)nc4N4CCN[C@@H](CC#N)C4)C3)c12. The highest BCUT2D eigenvalue weighted by atomic mass is 16.5. The first-order chi connectivity index (χ1) is 18.6. The van der Waals surface area contributed by atoms with Crippen LogP contribution in [0.15, 0.2) is 36.4 Å². The van der Waals surface area contributed by atoms with Crippen LogP contribution in [0.5, 0.6) is 6.01 Å². The van der Waals surface area contributed by atoms with E-state index in [0.29, 0.717) is 25.1 Å². The van der Waals surface area contributed by atoms with Crippen molar-refractivity contribution in [2.75, 3.05) is 56.2 Å². The zero-order valence-corrected chi connectivity index (χ0v) is 22.5. The van der Waals surface area contributed by atoms with E-state index in [-0.39, 0.29) is 6.04 Å². The number of likely N-dealkylation sites (N-methyl/N-ethyl adjacent to an activating group) is 1. The summed E-state index contributed by atoms with van der Waals surface area (Å²) in [5.41, 5.74) is 4.83. The summed E-state index contributed by atoms with van der Waals surface area (Å²) in [6, 6.07) is 16.5. The number of aromatic nitrogens is 2. The molecular formula is C30H37N7O. The second-order valence-electron chi connectivity index (χ2n) is 10.9.